The molecule has 56 valence electrons. The van der Waals surface area contributed by atoms with Crippen molar-refractivity contribution in [3.63, 3.8) is 0 Å². The molecule has 0 aromatic carbocycles. The summed E-state index contributed by atoms with van der Waals surface area (Å²) < 4.78 is 15.6. The lowest BCUT2D eigenvalue weighted by molar-refractivity contribution is 0.429. The smallest absolute Gasteiger partial charge is 0.205 e. The lowest BCUT2D eigenvalue weighted by atomic mass is 10.4. The third-order valence-electron chi connectivity index (χ3n) is 1.18. The largest absolute Gasteiger partial charge is 0.451 e. The van der Waals surface area contributed by atoms with Crippen LogP contribution in [0.3, 0.4) is 0 Å². The van der Waals surface area contributed by atoms with E-state index < -0.39 is 11.0 Å². The van der Waals surface area contributed by atoms with Gasteiger partial charge in [0.2, 0.25) is 5.09 Å². The van der Waals surface area contributed by atoms with Crippen LogP contribution in [0, 0.1) is 0 Å². The van der Waals surface area contributed by atoms with E-state index in [4.69, 9.17) is 9.56 Å². The maximum absolute atomic E-state index is 10.6. The van der Waals surface area contributed by atoms with Crippen LogP contribution in [-0.2, 0) is 17.4 Å². The van der Waals surface area contributed by atoms with Crippen molar-refractivity contribution in [2.75, 3.05) is 0 Å². The van der Waals surface area contributed by atoms with E-state index in [0.29, 0.717) is 5.09 Å². The zero-order valence-corrected chi connectivity index (χ0v) is 6.48. The molecule has 0 spiro atoms. The Labute approximate surface area is 61.8 Å². The summed E-state index contributed by atoms with van der Waals surface area (Å²) in [5.41, 5.74) is 0. The van der Waals surface area contributed by atoms with Crippen LogP contribution in [0.25, 0.3) is 0 Å². The van der Waals surface area contributed by atoms with Crippen molar-refractivity contribution < 1.29 is 8.63 Å². The minimum atomic E-state index is -1.48. The van der Waals surface area contributed by atoms with Gasteiger partial charge in [0, 0.05) is 6.42 Å². The molecule has 0 saturated carbocycles. The molecule has 1 aromatic heterocycles. The molecule has 10 heavy (non-hydrogen) atoms. The molecule has 1 aromatic rings. The molecule has 4 heteroatoms. The van der Waals surface area contributed by atoms with E-state index >= 15 is 0 Å². The van der Waals surface area contributed by atoms with Gasteiger partial charge in [0.05, 0.1) is 0 Å². The van der Waals surface area contributed by atoms with Crippen LogP contribution < -0.4 is 5.14 Å². The summed E-state index contributed by atoms with van der Waals surface area (Å²) in [7, 11) is -1.48. The van der Waals surface area contributed by atoms with Gasteiger partial charge < -0.3 is 4.42 Å². The molecule has 3 nitrogen and oxygen atoms in total. The average molecular weight is 159 g/mol. The topological polar surface area (TPSA) is 56.2 Å². The minimum absolute atomic E-state index is 0.344. The van der Waals surface area contributed by atoms with Gasteiger partial charge in [-0.25, -0.2) is 9.35 Å². The number of aryl methyl sites for hydroxylation is 1. The fourth-order valence-electron chi connectivity index (χ4n) is 0.656. The van der Waals surface area contributed by atoms with Gasteiger partial charge in [-0.2, -0.15) is 0 Å². The highest BCUT2D eigenvalue weighted by molar-refractivity contribution is 7.82. The fraction of sp³-hybridized carbons (Fsp3) is 0.333. The van der Waals surface area contributed by atoms with Gasteiger partial charge in [0.15, 0.2) is 11.0 Å². The summed E-state index contributed by atoms with van der Waals surface area (Å²) in [6, 6.07) is 3.41. The molecule has 1 unspecified atom stereocenters. The second kappa shape index (κ2) is 2.98. The Kier molecular flexibility index (Phi) is 2.24. The molecule has 0 amide bonds. The molecular weight excluding hydrogens is 150 g/mol. The number of hydrogen-bond donors (Lipinski definition) is 1. The van der Waals surface area contributed by atoms with Gasteiger partial charge in [-0.1, -0.05) is 6.92 Å². The van der Waals surface area contributed by atoms with Gasteiger partial charge in [0.1, 0.15) is 5.76 Å². The van der Waals surface area contributed by atoms with E-state index in [1.165, 1.54) is 0 Å². The average Bonchev–Trinajstić information content (AvgIpc) is 2.34. The van der Waals surface area contributed by atoms with Crippen LogP contribution in [0.4, 0.5) is 0 Å². The first-order valence-corrected chi connectivity index (χ1v) is 4.20. The maximum atomic E-state index is 10.6. The zero-order chi connectivity index (χ0) is 7.56. The highest BCUT2D eigenvalue weighted by Gasteiger charge is 2.02. The molecule has 0 radical (unpaired) electrons. The van der Waals surface area contributed by atoms with Crippen LogP contribution >= 0.6 is 0 Å². The molecular formula is C6H9NO2S. The first kappa shape index (κ1) is 7.50. The lowest BCUT2D eigenvalue weighted by Crippen LogP contribution is -2.00. The normalized spacial score (nSPS) is 13.4. The highest BCUT2D eigenvalue weighted by Crippen LogP contribution is 2.09. The Hall–Kier alpha value is -0.610. The molecule has 2 N–H and O–H groups in total. The predicted octanol–water partition coefficient (Wildman–Crippen LogP) is 0.823. The number of rotatable bonds is 2. The molecule has 1 heterocycles. The highest BCUT2D eigenvalue weighted by atomic mass is 32.2. The molecule has 1 atom stereocenters. The standard InChI is InChI=1S/C6H9NO2S/c1-2-5-3-4-6(9-5)10(7)8/h3-4H,2,7H2,1H3. The molecule has 1 rings (SSSR count). The Balaban J connectivity index is 2.88. The van der Waals surface area contributed by atoms with Crippen molar-refractivity contribution in [2.45, 2.75) is 18.4 Å². The van der Waals surface area contributed by atoms with Crippen molar-refractivity contribution in [3.05, 3.63) is 17.9 Å². The molecule has 0 saturated heterocycles. The molecule has 0 fully saturated rings. The summed E-state index contributed by atoms with van der Waals surface area (Å²) in [5, 5.41) is 5.40. The number of furan rings is 1. The molecule has 0 aliphatic carbocycles. The van der Waals surface area contributed by atoms with Gasteiger partial charge in [-0.15, -0.1) is 0 Å². The van der Waals surface area contributed by atoms with Crippen LogP contribution in [0.15, 0.2) is 21.6 Å². The Morgan fingerprint density at radius 2 is 2.40 bits per heavy atom. The van der Waals surface area contributed by atoms with E-state index in [2.05, 4.69) is 0 Å². The summed E-state index contributed by atoms with van der Waals surface area (Å²) in [6.45, 7) is 1.96. The minimum Gasteiger partial charge on any atom is -0.451 e. The third-order valence-corrected chi connectivity index (χ3v) is 1.80. The number of hydrogen-bond acceptors (Lipinski definition) is 2. The second-order valence-electron chi connectivity index (χ2n) is 1.87. The van der Waals surface area contributed by atoms with Crippen LogP contribution in [-0.4, -0.2) is 4.21 Å². The predicted molar refractivity (Wildman–Crippen MR) is 38.7 cm³/mol. The zero-order valence-electron chi connectivity index (χ0n) is 5.66. The van der Waals surface area contributed by atoms with Crippen molar-refractivity contribution in [3.8, 4) is 0 Å². The van der Waals surface area contributed by atoms with Gasteiger partial charge in [0.25, 0.3) is 0 Å². The van der Waals surface area contributed by atoms with Gasteiger partial charge >= 0.3 is 0 Å². The van der Waals surface area contributed by atoms with E-state index in [0.717, 1.165) is 12.2 Å². The summed E-state index contributed by atoms with van der Waals surface area (Å²) in [4.78, 5) is 0. The second-order valence-corrected chi connectivity index (χ2v) is 2.87. The van der Waals surface area contributed by atoms with Gasteiger partial charge in [-0.3, -0.25) is 0 Å². The molecule has 0 bridgehead atoms. The number of nitrogens with two attached hydrogens (primary N) is 1. The van der Waals surface area contributed by atoms with Crippen LogP contribution in [0.2, 0.25) is 0 Å². The van der Waals surface area contributed by atoms with Gasteiger partial charge in [-0.05, 0) is 12.1 Å². The molecule has 0 aliphatic rings. The fourth-order valence-corrected chi connectivity index (χ4v) is 1.05. The van der Waals surface area contributed by atoms with Crippen molar-refractivity contribution in [1.29, 1.82) is 0 Å². The lowest BCUT2D eigenvalue weighted by Gasteiger charge is -1.87. The van der Waals surface area contributed by atoms with Crippen molar-refractivity contribution in [2.24, 2.45) is 5.14 Å². The van der Waals surface area contributed by atoms with Crippen molar-refractivity contribution >= 4 is 11.0 Å². The first-order valence-electron chi connectivity index (χ1n) is 2.99. The third kappa shape index (κ3) is 1.46. The monoisotopic (exact) mass is 159 g/mol. The SMILES string of the molecule is CCc1ccc(S(N)=O)o1. The van der Waals surface area contributed by atoms with E-state index in [1.54, 1.807) is 12.1 Å². The molecule has 0 aliphatic heterocycles. The van der Waals surface area contributed by atoms with E-state index in [-0.39, 0.29) is 0 Å². The quantitative estimate of drug-likeness (QED) is 0.694. The summed E-state index contributed by atoms with van der Waals surface area (Å²) >= 11 is 0. The Morgan fingerprint density at radius 3 is 2.70 bits per heavy atom. The maximum Gasteiger partial charge on any atom is 0.205 e. The van der Waals surface area contributed by atoms with Crippen LogP contribution in [0.5, 0.6) is 0 Å². The van der Waals surface area contributed by atoms with Crippen LogP contribution in [0.1, 0.15) is 12.7 Å². The first-order chi connectivity index (χ1) is 4.74. The summed E-state index contributed by atoms with van der Waals surface area (Å²) in [5.74, 6) is 0.814. The summed E-state index contributed by atoms with van der Waals surface area (Å²) in [6.07, 6.45) is 0.803. The van der Waals surface area contributed by atoms with E-state index in [9.17, 15) is 4.21 Å². The Bertz CT molecular complexity index is 244. The Morgan fingerprint density at radius 1 is 1.70 bits per heavy atom. The van der Waals surface area contributed by atoms with Crippen molar-refractivity contribution in [1.82, 2.24) is 0 Å². The van der Waals surface area contributed by atoms with E-state index in [1.807, 2.05) is 6.92 Å².